The number of rotatable bonds is 4. The van der Waals surface area contributed by atoms with Gasteiger partial charge >= 0.3 is 0 Å². The van der Waals surface area contributed by atoms with E-state index >= 15 is 0 Å². The minimum absolute atomic E-state index is 0.290. The van der Waals surface area contributed by atoms with Crippen molar-refractivity contribution in [3.05, 3.63) is 83.8 Å². The average Bonchev–Trinajstić information content (AvgIpc) is 3.21. The van der Waals surface area contributed by atoms with E-state index < -0.39 is 0 Å². The molecular weight excluding hydrogens is 350 g/mol. The number of hydrogen-bond acceptors (Lipinski definition) is 2. The van der Waals surface area contributed by atoms with Gasteiger partial charge in [-0.25, -0.2) is 8.78 Å². The Morgan fingerprint density at radius 3 is 2.59 bits per heavy atom. The van der Waals surface area contributed by atoms with Crippen LogP contribution in [0.2, 0.25) is 0 Å². The third-order valence-corrected chi connectivity index (χ3v) is 4.39. The molecule has 7 heteroatoms. The zero-order valence-electron chi connectivity index (χ0n) is 14.5. The summed E-state index contributed by atoms with van der Waals surface area (Å²) in [5.41, 5.74) is 2.50. The van der Waals surface area contributed by atoms with Crippen LogP contribution < -0.4 is 5.32 Å². The summed E-state index contributed by atoms with van der Waals surface area (Å²) in [6, 6.07) is 12.3. The van der Waals surface area contributed by atoms with Gasteiger partial charge in [0.1, 0.15) is 17.3 Å². The molecule has 0 saturated carbocycles. The highest BCUT2D eigenvalue weighted by Crippen LogP contribution is 2.21. The van der Waals surface area contributed by atoms with Gasteiger partial charge in [0.2, 0.25) is 0 Å². The summed E-state index contributed by atoms with van der Waals surface area (Å²) in [5, 5.41) is 7.79. The van der Waals surface area contributed by atoms with Crippen LogP contribution in [0.25, 0.3) is 10.9 Å². The second-order valence-electron chi connectivity index (χ2n) is 6.30. The molecule has 2 aromatic carbocycles. The number of fused-ring (bicyclic) bond motifs is 1. The van der Waals surface area contributed by atoms with Crippen molar-refractivity contribution < 1.29 is 13.6 Å². The lowest BCUT2D eigenvalue weighted by atomic mass is 10.2. The number of halogens is 2. The van der Waals surface area contributed by atoms with Crippen LogP contribution in [-0.2, 0) is 13.6 Å². The maximum absolute atomic E-state index is 13.4. The molecule has 0 spiro atoms. The van der Waals surface area contributed by atoms with Gasteiger partial charge in [0.25, 0.3) is 5.91 Å². The summed E-state index contributed by atoms with van der Waals surface area (Å²) < 4.78 is 29.7. The quantitative estimate of drug-likeness (QED) is 0.595. The summed E-state index contributed by atoms with van der Waals surface area (Å²) in [6.07, 6.45) is 3.24. The molecule has 1 N–H and O–H groups in total. The second-order valence-corrected chi connectivity index (χ2v) is 6.30. The molecule has 0 saturated heterocycles. The largest absolute Gasteiger partial charge is 0.340 e. The molecule has 0 radical (unpaired) electrons. The Morgan fingerprint density at radius 2 is 1.81 bits per heavy atom. The van der Waals surface area contributed by atoms with Gasteiger partial charge in [-0.1, -0.05) is 12.1 Å². The summed E-state index contributed by atoms with van der Waals surface area (Å²) in [7, 11) is 1.72. The van der Waals surface area contributed by atoms with Crippen LogP contribution in [0.5, 0.6) is 0 Å². The van der Waals surface area contributed by atoms with Gasteiger partial charge < -0.3 is 9.88 Å². The molecule has 27 heavy (non-hydrogen) atoms. The van der Waals surface area contributed by atoms with E-state index in [2.05, 4.69) is 10.4 Å². The summed E-state index contributed by atoms with van der Waals surface area (Å²) >= 11 is 0. The molecular formula is C20H16F2N4O. The van der Waals surface area contributed by atoms with Gasteiger partial charge in [-0.2, -0.15) is 5.10 Å². The van der Waals surface area contributed by atoms with Crippen LogP contribution in [0, 0.1) is 11.6 Å². The zero-order chi connectivity index (χ0) is 19.0. The third-order valence-electron chi connectivity index (χ3n) is 4.39. The molecule has 2 heterocycles. The van der Waals surface area contributed by atoms with Crippen molar-refractivity contribution in [3.63, 3.8) is 0 Å². The lowest BCUT2D eigenvalue weighted by molar-refractivity contribution is 0.101. The third kappa shape index (κ3) is 3.44. The predicted octanol–water partition coefficient (Wildman–Crippen LogP) is 3.95. The molecule has 0 bridgehead atoms. The lowest BCUT2D eigenvalue weighted by Crippen LogP contribution is -2.15. The Bertz CT molecular complexity index is 1130. The number of aryl methyl sites for hydroxylation is 1. The normalized spacial score (nSPS) is 11.1. The Kier molecular flexibility index (Phi) is 4.19. The Labute approximate surface area is 153 Å². The molecule has 0 unspecified atom stereocenters. The monoisotopic (exact) mass is 366 g/mol. The molecule has 0 aliphatic carbocycles. The van der Waals surface area contributed by atoms with Gasteiger partial charge in [-0.15, -0.1) is 0 Å². The first-order chi connectivity index (χ1) is 13.0. The molecule has 2 aromatic heterocycles. The standard InChI is InChI=1S/C20H16F2N4O/c1-25-18-9-16(22)7-4-14(18)8-19(25)20(27)24-17-10-23-26(12-17)11-13-2-5-15(21)6-3-13/h2-10,12H,11H2,1H3,(H,24,27). The molecule has 0 fully saturated rings. The van der Waals surface area contributed by atoms with Gasteiger partial charge in [0, 0.05) is 18.6 Å². The van der Waals surface area contributed by atoms with E-state index in [0.29, 0.717) is 23.4 Å². The maximum atomic E-state index is 13.4. The second kappa shape index (κ2) is 6.68. The maximum Gasteiger partial charge on any atom is 0.272 e. The number of aromatic nitrogens is 3. The number of benzene rings is 2. The summed E-state index contributed by atoms with van der Waals surface area (Å²) in [4.78, 5) is 12.6. The Balaban J connectivity index is 1.51. The van der Waals surface area contributed by atoms with Crippen molar-refractivity contribution in [1.29, 1.82) is 0 Å². The zero-order valence-corrected chi connectivity index (χ0v) is 14.5. The van der Waals surface area contributed by atoms with Crippen LogP contribution in [0.3, 0.4) is 0 Å². The smallest absolute Gasteiger partial charge is 0.272 e. The van der Waals surface area contributed by atoms with E-state index in [0.717, 1.165) is 10.9 Å². The van der Waals surface area contributed by atoms with Crippen LogP contribution >= 0.6 is 0 Å². The van der Waals surface area contributed by atoms with Crippen molar-refractivity contribution >= 4 is 22.5 Å². The highest BCUT2D eigenvalue weighted by Gasteiger charge is 2.15. The minimum Gasteiger partial charge on any atom is -0.340 e. The number of carbonyl (C=O) groups is 1. The number of hydrogen-bond donors (Lipinski definition) is 1. The van der Waals surface area contributed by atoms with Gasteiger partial charge in [-0.3, -0.25) is 9.48 Å². The summed E-state index contributed by atoms with van der Waals surface area (Å²) in [5.74, 6) is -0.949. The van der Waals surface area contributed by atoms with Crippen molar-refractivity contribution in [3.8, 4) is 0 Å². The first kappa shape index (κ1) is 17.0. The fourth-order valence-corrected chi connectivity index (χ4v) is 3.01. The van der Waals surface area contributed by atoms with E-state index in [1.54, 1.807) is 53.0 Å². The lowest BCUT2D eigenvalue weighted by Gasteiger charge is -2.05. The number of carbonyl (C=O) groups excluding carboxylic acids is 1. The highest BCUT2D eigenvalue weighted by atomic mass is 19.1. The SMILES string of the molecule is Cn1c(C(=O)Nc2cnn(Cc3ccc(F)cc3)c2)cc2ccc(F)cc21. The van der Waals surface area contributed by atoms with E-state index in [-0.39, 0.29) is 17.5 Å². The van der Waals surface area contributed by atoms with Crippen LogP contribution in [-0.4, -0.2) is 20.3 Å². The van der Waals surface area contributed by atoms with Crippen molar-refractivity contribution in [2.24, 2.45) is 7.05 Å². The van der Waals surface area contributed by atoms with Gasteiger partial charge in [0.15, 0.2) is 0 Å². The predicted molar refractivity (Wildman–Crippen MR) is 98.6 cm³/mol. The van der Waals surface area contributed by atoms with Gasteiger partial charge in [0.05, 0.1) is 23.9 Å². The molecule has 0 atom stereocenters. The fraction of sp³-hybridized carbons (Fsp3) is 0.100. The van der Waals surface area contributed by atoms with E-state index in [9.17, 15) is 13.6 Å². The number of nitrogens with one attached hydrogen (secondary N) is 1. The summed E-state index contributed by atoms with van der Waals surface area (Å²) in [6.45, 7) is 0.462. The van der Waals surface area contributed by atoms with E-state index in [1.807, 2.05) is 0 Å². The number of nitrogens with zero attached hydrogens (tertiary/aromatic N) is 3. The average molecular weight is 366 g/mol. The first-order valence-electron chi connectivity index (χ1n) is 8.33. The van der Waals surface area contributed by atoms with Crippen molar-refractivity contribution in [2.75, 3.05) is 5.32 Å². The van der Waals surface area contributed by atoms with Crippen LogP contribution in [0.4, 0.5) is 14.5 Å². The Morgan fingerprint density at radius 1 is 1.07 bits per heavy atom. The molecule has 4 rings (SSSR count). The molecule has 0 aliphatic heterocycles. The number of amides is 1. The molecule has 136 valence electrons. The number of anilines is 1. The molecule has 0 aliphatic rings. The van der Waals surface area contributed by atoms with Crippen molar-refractivity contribution in [2.45, 2.75) is 6.54 Å². The van der Waals surface area contributed by atoms with E-state index in [1.165, 1.54) is 24.3 Å². The van der Waals surface area contributed by atoms with Crippen LogP contribution in [0.15, 0.2) is 60.9 Å². The van der Waals surface area contributed by atoms with Crippen molar-refractivity contribution in [1.82, 2.24) is 14.3 Å². The molecule has 5 nitrogen and oxygen atoms in total. The minimum atomic E-state index is -0.349. The molecule has 4 aromatic rings. The molecule has 1 amide bonds. The van der Waals surface area contributed by atoms with Gasteiger partial charge in [-0.05, 0) is 42.0 Å². The first-order valence-corrected chi connectivity index (χ1v) is 8.33. The Hall–Kier alpha value is -3.48. The fourth-order valence-electron chi connectivity index (χ4n) is 3.01. The van der Waals surface area contributed by atoms with Crippen LogP contribution in [0.1, 0.15) is 16.1 Å². The highest BCUT2D eigenvalue weighted by molar-refractivity contribution is 6.06. The van der Waals surface area contributed by atoms with E-state index in [4.69, 9.17) is 0 Å². The topological polar surface area (TPSA) is 51.9 Å².